The molecule has 3 N–H and O–H groups in total. The molecule has 3 rings (SSSR count). The summed E-state index contributed by atoms with van der Waals surface area (Å²) in [7, 11) is 0. The van der Waals surface area contributed by atoms with Crippen LogP contribution in [0.4, 0.5) is 15.9 Å². The van der Waals surface area contributed by atoms with Crippen molar-refractivity contribution in [3.8, 4) is 0 Å². The molecule has 2 aromatic rings. The summed E-state index contributed by atoms with van der Waals surface area (Å²) >= 11 is 0. The zero-order chi connectivity index (χ0) is 17.5. The fourth-order valence-electron chi connectivity index (χ4n) is 2.69. The molecular weight excluding hydrogens is 448 g/mol. The highest BCUT2D eigenvalue weighted by molar-refractivity contribution is 14.0. The van der Waals surface area contributed by atoms with Crippen LogP contribution in [-0.2, 0) is 0 Å². The van der Waals surface area contributed by atoms with Gasteiger partial charge < -0.3 is 20.9 Å². The molecule has 0 bridgehead atoms. The third-order valence-electron chi connectivity index (χ3n) is 4.05. The van der Waals surface area contributed by atoms with Crippen LogP contribution in [-0.4, -0.2) is 60.1 Å². The van der Waals surface area contributed by atoms with Crippen LogP contribution in [0.15, 0.2) is 47.8 Å². The third-order valence-corrected chi connectivity index (χ3v) is 4.05. The summed E-state index contributed by atoms with van der Waals surface area (Å²) in [6.07, 6.45) is 4.94. The number of nitrogens with two attached hydrogens (primary N) is 1. The quantitative estimate of drug-likeness (QED) is 0.300. The van der Waals surface area contributed by atoms with Crippen LogP contribution < -0.4 is 16.0 Å². The first-order chi connectivity index (χ1) is 12.2. The number of aliphatic imine (C=N–C) groups is 1. The number of hydrogen-bond donors (Lipinski definition) is 2. The van der Waals surface area contributed by atoms with Gasteiger partial charge in [0.2, 0.25) is 0 Å². The highest BCUT2D eigenvalue weighted by Gasteiger charge is 2.18. The summed E-state index contributed by atoms with van der Waals surface area (Å²) in [5.41, 5.74) is 7.12. The SMILES string of the molecule is I.NC(=NCCNc1cnccn1)N1CCN(c2ccc(F)cc2)CC1. The van der Waals surface area contributed by atoms with Crippen LogP contribution in [0.2, 0.25) is 0 Å². The van der Waals surface area contributed by atoms with Crippen molar-refractivity contribution in [2.24, 2.45) is 10.7 Å². The minimum absolute atomic E-state index is 0. The van der Waals surface area contributed by atoms with Crippen molar-refractivity contribution in [1.29, 1.82) is 0 Å². The monoisotopic (exact) mass is 471 g/mol. The minimum Gasteiger partial charge on any atom is -0.370 e. The van der Waals surface area contributed by atoms with E-state index in [2.05, 4.69) is 30.1 Å². The van der Waals surface area contributed by atoms with Gasteiger partial charge >= 0.3 is 0 Å². The number of halogens is 2. The molecule has 0 spiro atoms. The summed E-state index contributed by atoms with van der Waals surface area (Å²) in [5, 5.41) is 3.14. The van der Waals surface area contributed by atoms with Crippen molar-refractivity contribution in [2.75, 3.05) is 49.5 Å². The maximum absolute atomic E-state index is 13.0. The lowest BCUT2D eigenvalue weighted by Crippen LogP contribution is -2.51. The molecule has 0 atom stereocenters. The number of anilines is 2. The molecule has 26 heavy (non-hydrogen) atoms. The third kappa shape index (κ3) is 5.68. The van der Waals surface area contributed by atoms with Crippen LogP contribution in [0.5, 0.6) is 0 Å². The second-order valence-corrected chi connectivity index (χ2v) is 5.71. The van der Waals surface area contributed by atoms with E-state index in [1.807, 2.05) is 0 Å². The first kappa shape index (κ1) is 20.1. The number of benzene rings is 1. The van der Waals surface area contributed by atoms with E-state index in [1.165, 1.54) is 12.1 Å². The Morgan fingerprint density at radius 2 is 1.88 bits per heavy atom. The van der Waals surface area contributed by atoms with E-state index in [9.17, 15) is 4.39 Å². The predicted octanol–water partition coefficient (Wildman–Crippen LogP) is 1.78. The van der Waals surface area contributed by atoms with Crippen molar-refractivity contribution >= 4 is 41.4 Å². The van der Waals surface area contributed by atoms with Gasteiger partial charge in [-0.2, -0.15) is 0 Å². The molecular formula is C17H23FIN7. The maximum Gasteiger partial charge on any atom is 0.191 e. The molecule has 2 heterocycles. The Hall–Kier alpha value is -2.17. The normalized spacial score (nSPS) is 14.7. The molecule has 140 valence electrons. The van der Waals surface area contributed by atoms with Gasteiger partial charge in [0.25, 0.3) is 0 Å². The molecule has 0 aliphatic carbocycles. The molecule has 0 saturated carbocycles. The molecule has 1 saturated heterocycles. The molecule has 1 aliphatic rings. The Morgan fingerprint density at radius 3 is 2.54 bits per heavy atom. The van der Waals surface area contributed by atoms with E-state index in [0.717, 1.165) is 37.7 Å². The predicted molar refractivity (Wildman–Crippen MR) is 113 cm³/mol. The number of guanidine groups is 1. The van der Waals surface area contributed by atoms with Crippen LogP contribution in [0.3, 0.4) is 0 Å². The fourth-order valence-corrected chi connectivity index (χ4v) is 2.69. The Balaban J connectivity index is 0.00000243. The van der Waals surface area contributed by atoms with E-state index in [0.29, 0.717) is 19.0 Å². The lowest BCUT2D eigenvalue weighted by atomic mass is 10.2. The number of hydrogen-bond acceptors (Lipinski definition) is 5. The van der Waals surface area contributed by atoms with Gasteiger partial charge in [-0.05, 0) is 24.3 Å². The summed E-state index contributed by atoms with van der Waals surface area (Å²) in [6.45, 7) is 4.48. The molecule has 0 unspecified atom stereocenters. The zero-order valence-electron chi connectivity index (χ0n) is 14.4. The Bertz CT molecular complexity index is 688. The maximum atomic E-state index is 13.0. The summed E-state index contributed by atoms with van der Waals surface area (Å²) < 4.78 is 13.0. The molecule has 1 aliphatic heterocycles. The summed E-state index contributed by atoms with van der Waals surface area (Å²) in [5.74, 6) is 1.07. The van der Waals surface area contributed by atoms with Gasteiger partial charge in [-0.25, -0.2) is 9.37 Å². The Labute approximate surface area is 169 Å². The van der Waals surface area contributed by atoms with Crippen LogP contribution in [0.25, 0.3) is 0 Å². The number of aromatic nitrogens is 2. The smallest absolute Gasteiger partial charge is 0.191 e. The van der Waals surface area contributed by atoms with Crippen LogP contribution >= 0.6 is 24.0 Å². The van der Waals surface area contributed by atoms with E-state index in [-0.39, 0.29) is 29.8 Å². The van der Waals surface area contributed by atoms with Gasteiger partial charge in [0.1, 0.15) is 11.6 Å². The topological polar surface area (TPSA) is 82.7 Å². The molecule has 0 amide bonds. The van der Waals surface area contributed by atoms with Gasteiger partial charge in [-0.3, -0.25) is 9.98 Å². The summed E-state index contributed by atoms with van der Waals surface area (Å²) in [4.78, 5) is 16.8. The van der Waals surface area contributed by atoms with Crippen LogP contribution in [0, 0.1) is 5.82 Å². The van der Waals surface area contributed by atoms with E-state index in [1.54, 1.807) is 30.7 Å². The van der Waals surface area contributed by atoms with Crippen molar-refractivity contribution in [1.82, 2.24) is 14.9 Å². The molecule has 0 radical (unpaired) electrons. The Morgan fingerprint density at radius 1 is 1.15 bits per heavy atom. The first-order valence-corrected chi connectivity index (χ1v) is 8.27. The van der Waals surface area contributed by atoms with E-state index in [4.69, 9.17) is 5.73 Å². The number of piperazine rings is 1. The van der Waals surface area contributed by atoms with Gasteiger partial charge in [0, 0.05) is 50.8 Å². The number of nitrogens with zero attached hydrogens (tertiary/aromatic N) is 5. The van der Waals surface area contributed by atoms with Gasteiger partial charge in [-0.15, -0.1) is 24.0 Å². The van der Waals surface area contributed by atoms with E-state index >= 15 is 0 Å². The van der Waals surface area contributed by atoms with Crippen molar-refractivity contribution < 1.29 is 4.39 Å². The van der Waals surface area contributed by atoms with Crippen LogP contribution in [0.1, 0.15) is 0 Å². The average Bonchev–Trinajstić information content (AvgIpc) is 2.67. The largest absolute Gasteiger partial charge is 0.370 e. The molecule has 9 heteroatoms. The number of nitrogens with one attached hydrogen (secondary N) is 1. The van der Waals surface area contributed by atoms with Crippen molar-refractivity contribution in [3.05, 3.63) is 48.7 Å². The van der Waals surface area contributed by atoms with E-state index < -0.39 is 0 Å². The Kier molecular flexibility index (Phi) is 7.82. The van der Waals surface area contributed by atoms with Gasteiger partial charge in [0.15, 0.2) is 5.96 Å². The second-order valence-electron chi connectivity index (χ2n) is 5.71. The highest BCUT2D eigenvalue weighted by atomic mass is 127. The summed E-state index contributed by atoms with van der Waals surface area (Å²) in [6, 6.07) is 6.59. The van der Waals surface area contributed by atoms with Gasteiger partial charge in [0.05, 0.1) is 12.7 Å². The zero-order valence-corrected chi connectivity index (χ0v) is 16.7. The van der Waals surface area contributed by atoms with Crippen molar-refractivity contribution in [2.45, 2.75) is 0 Å². The standard InChI is InChI=1S/C17H22FN7.HI/c18-14-1-3-15(4-2-14)24-9-11-25(12-10-24)17(19)23-8-7-22-16-13-20-5-6-21-16;/h1-6,13H,7-12H2,(H2,19,23)(H,21,22);1H. The molecule has 1 aromatic carbocycles. The lowest BCUT2D eigenvalue weighted by Gasteiger charge is -2.36. The second kappa shape index (κ2) is 10.1. The van der Waals surface area contributed by atoms with Crippen molar-refractivity contribution in [3.63, 3.8) is 0 Å². The lowest BCUT2D eigenvalue weighted by molar-refractivity contribution is 0.381. The molecule has 1 fully saturated rings. The van der Waals surface area contributed by atoms with Gasteiger partial charge in [-0.1, -0.05) is 0 Å². The number of rotatable bonds is 5. The minimum atomic E-state index is -0.214. The molecule has 7 nitrogen and oxygen atoms in total. The fraction of sp³-hybridized carbons (Fsp3) is 0.353. The highest BCUT2D eigenvalue weighted by Crippen LogP contribution is 2.16. The molecule has 1 aromatic heterocycles. The average molecular weight is 471 g/mol. The first-order valence-electron chi connectivity index (χ1n) is 8.27.